The Morgan fingerprint density at radius 3 is 2.33 bits per heavy atom. The molecule has 0 saturated carbocycles. The van der Waals surface area contributed by atoms with Crippen LogP contribution in [0.1, 0.15) is 46.6 Å². The highest BCUT2D eigenvalue weighted by Gasteiger charge is 2.52. The lowest BCUT2D eigenvalue weighted by Gasteiger charge is -2.33. The molecule has 1 atom stereocenters. The summed E-state index contributed by atoms with van der Waals surface area (Å²) >= 11 is 0. The Morgan fingerprint density at radius 1 is 1.00 bits per heavy atom. The molecule has 0 aliphatic carbocycles. The first kappa shape index (κ1) is 22.6. The van der Waals surface area contributed by atoms with Crippen LogP contribution in [-0.2, 0) is 10.3 Å². The van der Waals surface area contributed by atoms with Crippen molar-refractivity contribution >= 4 is 17.3 Å². The molecule has 0 saturated heterocycles. The predicted octanol–water partition coefficient (Wildman–Crippen LogP) is 4.77. The van der Waals surface area contributed by atoms with Crippen molar-refractivity contribution in [3.8, 4) is 5.75 Å². The molecule has 6 nitrogen and oxygen atoms in total. The minimum atomic E-state index is -1.20. The Morgan fingerprint density at radius 2 is 1.70 bits per heavy atom. The highest BCUT2D eigenvalue weighted by Crippen LogP contribution is 2.50. The number of anilines is 2. The van der Waals surface area contributed by atoms with Gasteiger partial charge in [-0.15, -0.1) is 0 Å². The van der Waals surface area contributed by atoms with Gasteiger partial charge >= 0.3 is 5.97 Å². The van der Waals surface area contributed by atoms with Gasteiger partial charge in [0.1, 0.15) is 11.4 Å². The Bertz CT molecular complexity index is 1190. The quantitative estimate of drug-likeness (QED) is 0.488. The Hall–Kier alpha value is -3.54. The number of nitrogens with zero attached hydrogens (tertiary/aromatic N) is 3. The van der Waals surface area contributed by atoms with Crippen LogP contribution in [0.5, 0.6) is 5.75 Å². The minimum absolute atomic E-state index is 0.385. The van der Waals surface area contributed by atoms with E-state index in [0.717, 1.165) is 41.2 Å². The average molecular weight is 446 g/mol. The maximum atomic E-state index is 13.1. The second-order valence-electron chi connectivity index (χ2n) is 8.42. The largest absolute Gasteiger partial charge is 0.496 e. The van der Waals surface area contributed by atoms with Crippen LogP contribution in [0.15, 0.2) is 54.7 Å². The van der Waals surface area contributed by atoms with E-state index >= 15 is 0 Å². The van der Waals surface area contributed by atoms with E-state index < -0.39 is 5.60 Å². The number of benzene rings is 2. The number of hydrogen-bond donors (Lipinski definition) is 0. The van der Waals surface area contributed by atoms with Crippen LogP contribution in [-0.4, -0.2) is 45.2 Å². The van der Waals surface area contributed by atoms with Crippen molar-refractivity contribution in [3.05, 3.63) is 82.7 Å². The Labute approximate surface area is 195 Å². The molecule has 6 heteroatoms. The van der Waals surface area contributed by atoms with Crippen LogP contribution in [0, 0.1) is 6.92 Å². The molecule has 1 aliphatic rings. The van der Waals surface area contributed by atoms with E-state index in [0.29, 0.717) is 17.0 Å². The summed E-state index contributed by atoms with van der Waals surface area (Å²) < 4.78 is 12.1. The zero-order valence-corrected chi connectivity index (χ0v) is 20.2. The zero-order valence-electron chi connectivity index (χ0n) is 20.2. The summed E-state index contributed by atoms with van der Waals surface area (Å²) in [6.45, 7) is 8.17. The summed E-state index contributed by atoms with van der Waals surface area (Å²) in [5, 5.41) is 0. The third-order valence-corrected chi connectivity index (χ3v) is 6.41. The number of pyridine rings is 1. The second-order valence-corrected chi connectivity index (χ2v) is 8.42. The molecule has 4 rings (SSSR count). The molecule has 172 valence electrons. The monoisotopic (exact) mass is 445 g/mol. The number of fused-ring (bicyclic) bond motifs is 1. The number of carbonyl (C=O) groups excluding carboxylic acids is 1. The molecule has 1 aromatic heterocycles. The number of esters is 1. The van der Waals surface area contributed by atoms with Gasteiger partial charge < -0.3 is 19.3 Å². The molecule has 0 amide bonds. The molecule has 2 aromatic carbocycles. The number of ether oxygens (including phenoxy) is 2. The van der Waals surface area contributed by atoms with Crippen molar-refractivity contribution in [3.63, 3.8) is 0 Å². The van der Waals surface area contributed by atoms with E-state index in [1.165, 1.54) is 0 Å². The molecule has 0 radical (unpaired) electrons. The fraction of sp³-hybridized carbons (Fsp3) is 0.333. The average Bonchev–Trinajstić information content (AvgIpc) is 3.12. The van der Waals surface area contributed by atoms with Gasteiger partial charge in [-0.25, -0.2) is 4.79 Å². The number of aromatic nitrogens is 1. The van der Waals surface area contributed by atoms with Crippen LogP contribution < -0.4 is 14.5 Å². The lowest BCUT2D eigenvalue weighted by atomic mass is 9.80. The maximum Gasteiger partial charge on any atom is 0.341 e. The molecule has 1 aliphatic heterocycles. The molecular formula is C27H31N3O3. The van der Waals surface area contributed by atoms with E-state index in [-0.39, 0.29) is 5.97 Å². The highest BCUT2D eigenvalue weighted by atomic mass is 16.6. The summed E-state index contributed by atoms with van der Waals surface area (Å²) in [6.07, 6.45) is 1.70. The molecule has 3 aromatic rings. The third kappa shape index (κ3) is 3.59. The predicted molar refractivity (Wildman–Crippen MR) is 132 cm³/mol. The van der Waals surface area contributed by atoms with E-state index in [1.807, 2.05) is 37.2 Å². The number of rotatable bonds is 7. The van der Waals surface area contributed by atoms with Gasteiger partial charge in [0, 0.05) is 61.9 Å². The van der Waals surface area contributed by atoms with Gasteiger partial charge in [-0.1, -0.05) is 6.07 Å². The van der Waals surface area contributed by atoms with Crippen molar-refractivity contribution in [2.24, 2.45) is 0 Å². The molecule has 2 heterocycles. The van der Waals surface area contributed by atoms with Crippen LogP contribution in [0.4, 0.5) is 11.4 Å². The van der Waals surface area contributed by atoms with Gasteiger partial charge in [0.2, 0.25) is 5.60 Å². The molecule has 1 unspecified atom stereocenters. The van der Waals surface area contributed by atoms with Gasteiger partial charge in [-0.2, -0.15) is 0 Å². The number of carbonyl (C=O) groups is 1. The van der Waals surface area contributed by atoms with Gasteiger partial charge in [-0.05, 0) is 62.7 Å². The Kier molecular flexibility index (Phi) is 6.02. The topological polar surface area (TPSA) is 54.9 Å². The van der Waals surface area contributed by atoms with E-state index in [1.54, 1.807) is 25.4 Å². The summed E-state index contributed by atoms with van der Waals surface area (Å²) in [7, 11) is 5.60. The van der Waals surface area contributed by atoms with Crippen LogP contribution in [0.3, 0.4) is 0 Å². The molecule has 0 bridgehead atoms. The number of hydrogen-bond acceptors (Lipinski definition) is 6. The highest BCUT2D eigenvalue weighted by molar-refractivity contribution is 5.96. The first-order valence-corrected chi connectivity index (χ1v) is 11.3. The lowest BCUT2D eigenvalue weighted by molar-refractivity contribution is 0.0235. The normalized spacial score (nSPS) is 16.8. The Balaban J connectivity index is 2.01. The van der Waals surface area contributed by atoms with Crippen molar-refractivity contribution in [2.45, 2.75) is 26.4 Å². The fourth-order valence-electron chi connectivity index (χ4n) is 4.68. The third-order valence-electron chi connectivity index (χ3n) is 6.41. The van der Waals surface area contributed by atoms with Crippen LogP contribution in [0.25, 0.3) is 0 Å². The van der Waals surface area contributed by atoms with E-state index in [9.17, 15) is 4.79 Å². The summed E-state index contributed by atoms with van der Waals surface area (Å²) in [5.41, 5.74) is 4.63. The minimum Gasteiger partial charge on any atom is -0.496 e. The molecule has 0 N–H and O–H groups in total. The summed E-state index contributed by atoms with van der Waals surface area (Å²) in [6, 6.07) is 15.8. The van der Waals surface area contributed by atoms with Crippen molar-refractivity contribution in [1.82, 2.24) is 4.98 Å². The molecular weight excluding hydrogens is 414 g/mol. The van der Waals surface area contributed by atoms with Gasteiger partial charge in [0.05, 0.1) is 12.7 Å². The van der Waals surface area contributed by atoms with Crippen LogP contribution >= 0.6 is 0 Å². The maximum absolute atomic E-state index is 13.1. The first-order chi connectivity index (χ1) is 15.9. The van der Waals surface area contributed by atoms with E-state index in [2.05, 4.69) is 48.9 Å². The van der Waals surface area contributed by atoms with Crippen molar-refractivity contribution < 1.29 is 14.3 Å². The summed E-state index contributed by atoms with van der Waals surface area (Å²) in [5.74, 6) is 0.254. The summed E-state index contributed by atoms with van der Waals surface area (Å²) in [4.78, 5) is 22.0. The zero-order chi connectivity index (χ0) is 23.8. The van der Waals surface area contributed by atoms with Crippen molar-refractivity contribution in [1.29, 1.82) is 0 Å². The number of methoxy groups -OCH3 is 1. The number of aryl methyl sites for hydroxylation is 1. The smallest absolute Gasteiger partial charge is 0.341 e. The lowest BCUT2D eigenvalue weighted by Crippen LogP contribution is -2.32. The van der Waals surface area contributed by atoms with Gasteiger partial charge in [0.25, 0.3) is 0 Å². The number of cyclic esters (lactones) is 1. The van der Waals surface area contributed by atoms with Crippen LogP contribution in [0.2, 0.25) is 0 Å². The first-order valence-electron chi connectivity index (χ1n) is 11.3. The van der Waals surface area contributed by atoms with Crippen molar-refractivity contribution in [2.75, 3.05) is 44.1 Å². The van der Waals surface area contributed by atoms with E-state index in [4.69, 9.17) is 9.47 Å². The fourth-order valence-corrected chi connectivity index (χ4v) is 4.68. The molecule has 0 fully saturated rings. The SMILES string of the molecule is CCN(CC)c1ccc(C2(c3ccc(N(C)C)cc3OC)OC(=O)c3cccnc32)c(C)c1. The van der Waals surface area contributed by atoms with Gasteiger partial charge in [0.15, 0.2) is 0 Å². The molecule has 0 spiro atoms. The molecule has 33 heavy (non-hydrogen) atoms. The standard InChI is InChI=1S/C27H31N3O3/c1-7-30(8-2)20-12-13-22(18(3)16-20)27(25-21(26(31)33-27)10-9-15-28-25)23-14-11-19(29(4)5)17-24(23)32-6/h9-17H,7-8H2,1-6H3. The van der Waals surface area contributed by atoms with Gasteiger partial charge in [-0.3, -0.25) is 4.98 Å². The second kappa shape index (κ2) is 8.77.